The molecule has 1 aromatic carbocycles. The van der Waals surface area contributed by atoms with Crippen LogP contribution in [0.5, 0.6) is 5.75 Å². The molecule has 2 aromatic rings. The molecule has 0 aliphatic rings. The maximum Gasteiger partial charge on any atom is 0.121 e. The molecular weight excluding hydrogens is 250 g/mol. The molecule has 0 bridgehead atoms. The molecule has 0 amide bonds. The number of ether oxygens (including phenoxy) is 1. The summed E-state index contributed by atoms with van der Waals surface area (Å²) in [7, 11) is 1.93. The molecule has 4 nitrogen and oxygen atoms in total. The molecule has 20 heavy (non-hydrogen) atoms. The Bertz CT molecular complexity index is 550. The Labute approximate surface area is 120 Å². The van der Waals surface area contributed by atoms with Gasteiger partial charge in [0, 0.05) is 30.6 Å². The van der Waals surface area contributed by atoms with Gasteiger partial charge in [-0.15, -0.1) is 0 Å². The first-order valence-electron chi connectivity index (χ1n) is 7.10. The average Bonchev–Trinajstić information content (AvgIpc) is 2.86. The van der Waals surface area contributed by atoms with Crippen LogP contribution in [-0.2, 0) is 7.05 Å². The lowest BCUT2D eigenvalue weighted by Gasteiger charge is -2.16. The van der Waals surface area contributed by atoms with E-state index in [-0.39, 0.29) is 12.1 Å². The monoisotopic (exact) mass is 273 g/mol. The van der Waals surface area contributed by atoms with Crippen LogP contribution < -0.4 is 10.1 Å². The molecule has 1 N–H and O–H groups in total. The number of aryl methyl sites for hydroxylation is 1. The number of nitrogens with one attached hydrogen (secondary N) is 1. The normalized spacial score (nSPS) is 13.8. The molecule has 1 aromatic heterocycles. The standard InChI is InChI=1S/C16H23N3O/c1-5-12(2)20-16-8-6-7-15(9-16)18-13(3)14-10-17-19(4)11-14/h6-13,18H,5H2,1-4H3/t12-,13+/m1/s1. The van der Waals surface area contributed by atoms with E-state index in [1.54, 1.807) is 0 Å². The second-order valence-corrected chi connectivity index (χ2v) is 5.18. The fourth-order valence-corrected chi connectivity index (χ4v) is 1.97. The maximum atomic E-state index is 5.84. The van der Waals surface area contributed by atoms with Gasteiger partial charge in [0.25, 0.3) is 0 Å². The lowest BCUT2D eigenvalue weighted by molar-refractivity contribution is 0.217. The van der Waals surface area contributed by atoms with Crippen LogP contribution in [0.15, 0.2) is 36.7 Å². The molecule has 4 heteroatoms. The quantitative estimate of drug-likeness (QED) is 0.870. The minimum absolute atomic E-state index is 0.211. The van der Waals surface area contributed by atoms with Crippen LogP contribution in [0.2, 0.25) is 0 Å². The van der Waals surface area contributed by atoms with E-state index < -0.39 is 0 Å². The summed E-state index contributed by atoms with van der Waals surface area (Å²) in [6.07, 6.45) is 5.15. The fraction of sp³-hybridized carbons (Fsp3) is 0.438. The smallest absolute Gasteiger partial charge is 0.121 e. The molecule has 0 saturated heterocycles. The van der Waals surface area contributed by atoms with Crippen molar-refractivity contribution in [1.82, 2.24) is 9.78 Å². The van der Waals surface area contributed by atoms with Gasteiger partial charge in [0.1, 0.15) is 5.75 Å². The summed E-state index contributed by atoms with van der Waals surface area (Å²) in [4.78, 5) is 0. The predicted octanol–water partition coefficient (Wildman–Crippen LogP) is 3.77. The first-order valence-corrected chi connectivity index (χ1v) is 7.10. The molecule has 0 aliphatic heterocycles. The summed E-state index contributed by atoms with van der Waals surface area (Å²) in [5.41, 5.74) is 2.22. The fourth-order valence-electron chi connectivity index (χ4n) is 1.97. The highest BCUT2D eigenvalue weighted by atomic mass is 16.5. The zero-order valence-corrected chi connectivity index (χ0v) is 12.6. The zero-order chi connectivity index (χ0) is 14.5. The lowest BCUT2D eigenvalue weighted by Crippen LogP contribution is -2.10. The van der Waals surface area contributed by atoms with Crippen molar-refractivity contribution < 1.29 is 4.74 Å². The van der Waals surface area contributed by atoms with Crippen LogP contribution in [0.25, 0.3) is 0 Å². The molecular formula is C16H23N3O. The van der Waals surface area contributed by atoms with Gasteiger partial charge in [-0.1, -0.05) is 13.0 Å². The van der Waals surface area contributed by atoms with Crippen LogP contribution >= 0.6 is 0 Å². The van der Waals surface area contributed by atoms with Gasteiger partial charge in [-0.3, -0.25) is 4.68 Å². The summed E-state index contributed by atoms with van der Waals surface area (Å²) >= 11 is 0. The van der Waals surface area contributed by atoms with Crippen molar-refractivity contribution in [2.45, 2.75) is 39.3 Å². The third-order valence-electron chi connectivity index (χ3n) is 3.35. The van der Waals surface area contributed by atoms with Gasteiger partial charge in [-0.2, -0.15) is 5.10 Å². The highest BCUT2D eigenvalue weighted by Gasteiger charge is 2.08. The van der Waals surface area contributed by atoms with E-state index in [0.29, 0.717) is 0 Å². The number of nitrogens with zero attached hydrogens (tertiary/aromatic N) is 2. The summed E-state index contributed by atoms with van der Waals surface area (Å²) in [6, 6.07) is 8.31. The van der Waals surface area contributed by atoms with Crippen molar-refractivity contribution >= 4 is 5.69 Å². The van der Waals surface area contributed by atoms with Crippen LogP contribution in [0.4, 0.5) is 5.69 Å². The molecule has 108 valence electrons. The van der Waals surface area contributed by atoms with Crippen molar-refractivity contribution in [2.75, 3.05) is 5.32 Å². The summed E-state index contributed by atoms with van der Waals surface area (Å²) in [6.45, 7) is 6.33. The van der Waals surface area contributed by atoms with E-state index in [1.807, 2.05) is 42.3 Å². The van der Waals surface area contributed by atoms with Crippen LogP contribution in [-0.4, -0.2) is 15.9 Å². The van der Waals surface area contributed by atoms with Crippen molar-refractivity contribution in [3.05, 3.63) is 42.2 Å². The van der Waals surface area contributed by atoms with Crippen LogP contribution in [0, 0.1) is 0 Å². The third-order valence-corrected chi connectivity index (χ3v) is 3.35. The van der Waals surface area contributed by atoms with Crippen molar-refractivity contribution in [3.63, 3.8) is 0 Å². The minimum atomic E-state index is 0.211. The van der Waals surface area contributed by atoms with Crippen LogP contribution in [0.1, 0.15) is 38.8 Å². The first kappa shape index (κ1) is 14.4. The molecule has 0 saturated carbocycles. The highest BCUT2D eigenvalue weighted by Crippen LogP contribution is 2.23. The molecule has 0 unspecified atom stereocenters. The SMILES string of the molecule is CC[C@@H](C)Oc1cccc(N[C@@H](C)c2cnn(C)c2)c1. The Hall–Kier alpha value is -1.97. The Kier molecular flexibility index (Phi) is 4.66. The van der Waals surface area contributed by atoms with E-state index in [2.05, 4.69) is 37.3 Å². The van der Waals surface area contributed by atoms with Crippen molar-refractivity contribution in [3.8, 4) is 5.75 Å². The largest absolute Gasteiger partial charge is 0.491 e. The lowest BCUT2D eigenvalue weighted by atomic mass is 10.2. The number of hydrogen-bond acceptors (Lipinski definition) is 3. The van der Waals surface area contributed by atoms with Crippen molar-refractivity contribution in [1.29, 1.82) is 0 Å². The zero-order valence-electron chi connectivity index (χ0n) is 12.6. The summed E-state index contributed by atoms with van der Waals surface area (Å²) in [5.74, 6) is 0.905. The Morgan fingerprint density at radius 1 is 1.35 bits per heavy atom. The second kappa shape index (κ2) is 6.46. The molecule has 0 radical (unpaired) electrons. The molecule has 1 heterocycles. The predicted molar refractivity (Wildman–Crippen MR) is 82.1 cm³/mol. The van der Waals surface area contributed by atoms with Crippen LogP contribution in [0.3, 0.4) is 0 Å². The maximum absolute atomic E-state index is 5.84. The Morgan fingerprint density at radius 2 is 2.15 bits per heavy atom. The molecule has 2 rings (SSSR count). The summed E-state index contributed by atoms with van der Waals surface area (Å²) < 4.78 is 7.65. The molecule has 0 fully saturated rings. The minimum Gasteiger partial charge on any atom is -0.491 e. The highest BCUT2D eigenvalue weighted by molar-refractivity contribution is 5.49. The van der Waals surface area contributed by atoms with Crippen molar-refractivity contribution in [2.24, 2.45) is 7.05 Å². The van der Waals surface area contributed by atoms with E-state index in [4.69, 9.17) is 4.74 Å². The third kappa shape index (κ3) is 3.76. The van der Waals surface area contributed by atoms with E-state index >= 15 is 0 Å². The van der Waals surface area contributed by atoms with Gasteiger partial charge < -0.3 is 10.1 Å². The topological polar surface area (TPSA) is 39.1 Å². The molecule has 2 atom stereocenters. The first-order chi connectivity index (χ1) is 9.58. The Balaban J connectivity index is 2.04. The molecule has 0 aliphatic carbocycles. The van der Waals surface area contributed by atoms with Gasteiger partial charge in [0.05, 0.1) is 18.3 Å². The number of aromatic nitrogens is 2. The van der Waals surface area contributed by atoms with Gasteiger partial charge >= 0.3 is 0 Å². The molecule has 0 spiro atoms. The summed E-state index contributed by atoms with van der Waals surface area (Å²) in [5, 5.41) is 7.67. The number of anilines is 1. The number of hydrogen-bond donors (Lipinski definition) is 1. The number of benzene rings is 1. The second-order valence-electron chi connectivity index (χ2n) is 5.18. The van der Waals surface area contributed by atoms with Gasteiger partial charge in [0.2, 0.25) is 0 Å². The van der Waals surface area contributed by atoms with E-state index in [1.165, 1.54) is 5.56 Å². The van der Waals surface area contributed by atoms with Gasteiger partial charge in [-0.05, 0) is 32.4 Å². The average molecular weight is 273 g/mol. The van der Waals surface area contributed by atoms with Gasteiger partial charge in [0.15, 0.2) is 0 Å². The number of rotatable bonds is 6. The Morgan fingerprint density at radius 3 is 2.80 bits per heavy atom. The van der Waals surface area contributed by atoms with E-state index in [0.717, 1.165) is 17.9 Å². The van der Waals surface area contributed by atoms with E-state index in [9.17, 15) is 0 Å². The van der Waals surface area contributed by atoms with Gasteiger partial charge in [-0.25, -0.2) is 0 Å².